The van der Waals surface area contributed by atoms with Gasteiger partial charge in [0.2, 0.25) is 0 Å². The van der Waals surface area contributed by atoms with E-state index in [4.69, 9.17) is 5.53 Å². The van der Waals surface area contributed by atoms with Crippen LogP contribution in [0.2, 0.25) is 0 Å². The number of hydrogen-bond acceptors (Lipinski definition) is 1. The van der Waals surface area contributed by atoms with Crippen molar-refractivity contribution in [2.24, 2.45) is 5.11 Å². The minimum Gasteiger partial charge on any atom is -0.449 e. The standard InChI is InChI=1S/C10H11BF3IN3.K/c1-5-8(4-11(12,13)14)6(2)10(17-18-16)7(3)9(5)15;/h4H2,1-3H3;/q-1;+1. The molecule has 0 unspecified atom stereocenters. The molecular weight excluding hydrogens is 396 g/mol. The first-order valence-electron chi connectivity index (χ1n) is 5.23. The van der Waals surface area contributed by atoms with Gasteiger partial charge in [0.1, 0.15) is 0 Å². The van der Waals surface area contributed by atoms with Crippen LogP contribution < -0.4 is 51.4 Å². The largest absolute Gasteiger partial charge is 1.00 e. The Bertz CT molecular complexity index is 542. The van der Waals surface area contributed by atoms with Crippen LogP contribution in [-0.2, 0) is 6.32 Å². The first-order chi connectivity index (χ1) is 8.19. The Kier molecular flexibility index (Phi) is 7.98. The second kappa shape index (κ2) is 7.67. The Morgan fingerprint density at radius 2 is 1.68 bits per heavy atom. The molecule has 0 aliphatic rings. The van der Waals surface area contributed by atoms with Crippen LogP contribution in [0.5, 0.6) is 0 Å². The van der Waals surface area contributed by atoms with E-state index in [9.17, 15) is 12.9 Å². The molecule has 98 valence electrons. The molecule has 0 saturated heterocycles. The van der Waals surface area contributed by atoms with Gasteiger partial charge in [0, 0.05) is 14.2 Å². The molecule has 0 radical (unpaired) electrons. The van der Waals surface area contributed by atoms with Crippen LogP contribution in [0, 0.1) is 24.3 Å². The molecule has 0 N–H and O–H groups in total. The number of nitrogens with zero attached hydrogens (tertiary/aromatic N) is 3. The second-order valence-corrected chi connectivity index (χ2v) is 5.20. The average molecular weight is 407 g/mol. The van der Waals surface area contributed by atoms with E-state index in [0.717, 1.165) is 9.13 Å². The van der Waals surface area contributed by atoms with E-state index in [0.29, 0.717) is 16.8 Å². The number of azide groups is 1. The molecule has 19 heavy (non-hydrogen) atoms. The molecule has 0 fully saturated rings. The summed E-state index contributed by atoms with van der Waals surface area (Å²) in [7, 11) is 0. The fraction of sp³-hybridized carbons (Fsp3) is 0.400. The summed E-state index contributed by atoms with van der Waals surface area (Å²) in [5.74, 6) is 0. The quantitative estimate of drug-likeness (QED) is 0.243. The fourth-order valence-electron chi connectivity index (χ4n) is 1.96. The zero-order valence-electron chi connectivity index (χ0n) is 11.1. The maximum atomic E-state index is 12.6. The van der Waals surface area contributed by atoms with Crippen LogP contribution in [0.4, 0.5) is 18.6 Å². The zero-order chi connectivity index (χ0) is 14.1. The number of halogens is 4. The minimum atomic E-state index is -4.91. The third-order valence-electron chi connectivity index (χ3n) is 2.85. The molecule has 0 aliphatic carbocycles. The molecule has 0 aliphatic heterocycles. The Morgan fingerprint density at radius 1 is 1.16 bits per heavy atom. The van der Waals surface area contributed by atoms with Crippen LogP contribution in [0.25, 0.3) is 10.4 Å². The molecule has 1 aromatic carbocycles. The Labute approximate surface area is 166 Å². The molecule has 9 heteroatoms. The van der Waals surface area contributed by atoms with Gasteiger partial charge < -0.3 is 12.9 Å². The third kappa shape index (κ3) is 4.91. The van der Waals surface area contributed by atoms with Gasteiger partial charge in [-0.2, -0.15) is 0 Å². The molecule has 1 rings (SSSR count). The van der Waals surface area contributed by atoms with Crippen LogP contribution in [-0.4, -0.2) is 6.98 Å². The minimum absolute atomic E-state index is 0. The van der Waals surface area contributed by atoms with E-state index in [-0.39, 0.29) is 56.9 Å². The van der Waals surface area contributed by atoms with E-state index >= 15 is 0 Å². The van der Waals surface area contributed by atoms with Gasteiger partial charge in [-0.25, -0.2) is 0 Å². The summed E-state index contributed by atoms with van der Waals surface area (Å²) in [6.45, 7) is 0.0663. The van der Waals surface area contributed by atoms with Gasteiger partial charge in [0.15, 0.2) is 0 Å². The molecule has 0 atom stereocenters. The van der Waals surface area contributed by atoms with Crippen LogP contribution in [0.15, 0.2) is 5.11 Å². The number of rotatable bonds is 3. The van der Waals surface area contributed by atoms with Gasteiger partial charge >= 0.3 is 58.4 Å². The predicted octanol–water partition coefficient (Wildman–Crippen LogP) is 2.09. The van der Waals surface area contributed by atoms with Crippen molar-refractivity contribution in [2.45, 2.75) is 27.1 Å². The Balaban J connectivity index is 0.00000324. The Hall–Kier alpha value is 0.751. The summed E-state index contributed by atoms with van der Waals surface area (Å²) in [6, 6.07) is 0. The van der Waals surface area contributed by atoms with Gasteiger partial charge in [0.05, 0.1) is 0 Å². The first kappa shape index (κ1) is 19.8. The van der Waals surface area contributed by atoms with E-state index in [1.807, 2.05) is 22.6 Å². The average Bonchev–Trinajstić information content (AvgIpc) is 2.26. The molecule has 0 bridgehead atoms. The summed E-state index contributed by atoms with van der Waals surface area (Å²) in [6.07, 6.45) is -0.943. The first-order valence-corrected chi connectivity index (χ1v) is 6.31. The normalized spacial score (nSPS) is 10.7. The van der Waals surface area contributed by atoms with Gasteiger partial charge in [0.25, 0.3) is 0 Å². The van der Waals surface area contributed by atoms with Gasteiger partial charge in [-0.3, -0.25) is 0 Å². The summed E-state index contributed by atoms with van der Waals surface area (Å²) in [4.78, 5) is 2.68. The second-order valence-electron chi connectivity index (χ2n) is 4.12. The monoisotopic (exact) mass is 407 g/mol. The SMILES string of the molecule is Cc1c(I)c(C)c(N=[N+]=[N-])c(C)c1C[B-](F)(F)F.[K+]. The van der Waals surface area contributed by atoms with Crippen LogP contribution >= 0.6 is 22.6 Å². The van der Waals surface area contributed by atoms with Crippen LogP contribution in [0.3, 0.4) is 0 Å². The van der Waals surface area contributed by atoms with E-state index in [2.05, 4.69) is 10.0 Å². The number of hydrogen-bond donors (Lipinski definition) is 0. The zero-order valence-corrected chi connectivity index (χ0v) is 16.4. The van der Waals surface area contributed by atoms with Crippen LogP contribution in [0.1, 0.15) is 22.3 Å². The smallest absolute Gasteiger partial charge is 0.449 e. The summed E-state index contributed by atoms with van der Waals surface area (Å²) in [5, 5.41) is 3.51. The van der Waals surface area contributed by atoms with Crippen molar-refractivity contribution in [3.05, 3.63) is 36.3 Å². The molecule has 0 amide bonds. The van der Waals surface area contributed by atoms with Crippen molar-refractivity contribution in [1.82, 2.24) is 0 Å². The molecular formula is C10H11BF3IKN3. The molecule has 3 nitrogen and oxygen atoms in total. The summed E-state index contributed by atoms with van der Waals surface area (Å²) in [5.41, 5.74) is 10.8. The summed E-state index contributed by atoms with van der Waals surface area (Å²) < 4.78 is 38.5. The molecule has 0 saturated carbocycles. The maximum absolute atomic E-state index is 12.6. The van der Waals surface area contributed by atoms with Gasteiger partial charge in [-0.05, 0) is 65.6 Å². The molecule has 1 aromatic rings. The van der Waals surface area contributed by atoms with Crippen molar-refractivity contribution in [2.75, 3.05) is 0 Å². The van der Waals surface area contributed by atoms with E-state index in [1.54, 1.807) is 20.8 Å². The topological polar surface area (TPSA) is 48.8 Å². The van der Waals surface area contributed by atoms with E-state index < -0.39 is 13.3 Å². The van der Waals surface area contributed by atoms with Crippen molar-refractivity contribution < 1.29 is 64.3 Å². The van der Waals surface area contributed by atoms with Crippen molar-refractivity contribution in [3.8, 4) is 0 Å². The molecule has 0 spiro atoms. The van der Waals surface area contributed by atoms with Gasteiger partial charge in [-0.15, -0.1) is 0 Å². The van der Waals surface area contributed by atoms with Gasteiger partial charge in [-0.1, -0.05) is 17.0 Å². The van der Waals surface area contributed by atoms with Crippen molar-refractivity contribution in [3.63, 3.8) is 0 Å². The maximum Gasteiger partial charge on any atom is 1.00 e. The fourth-order valence-corrected chi connectivity index (χ4v) is 2.54. The predicted molar refractivity (Wildman–Crippen MR) is 75.0 cm³/mol. The van der Waals surface area contributed by atoms with E-state index in [1.165, 1.54) is 0 Å². The molecule has 0 aromatic heterocycles. The molecule has 0 heterocycles. The third-order valence-corrected chi connectivity index (χ3v) is 4.47. The van der Waals surface area contributed by atoms with Crippen molar-refractivity contribution in [1.29, 1.82) is 0 Å². The Morgan fingerprint density at radius 3 is 2.11 bits per heavy atom. The number of benzene rings is 1. The van der Waals surface area contributed by atoms with Crippen molar-refractivity contribution >= 4 is 35.3 Å². The summed E-state index contributed by atoms with van der Waals surface area (Å²) >= 11 is 1.98.